The molecule has 30 heavy (non-hydrogen) atoms. The molecule has 0 spiro atoms. The summed E-state index contributed by atoms with van der Waals surface area (Å²) in [6.45, 7) is 2.54. The summed E-state index contributed by atoms with van der Waals surface area (Å²) in [5.41, 5.74) is 4.27. The predicted molar refractivity (Wildman–Crippen MR) is 119 cm³/mol. The van der Waals surface area contributed by atoms with E-state index in [-0.39, 0.29) is 24.5 Å². The molecule has 0 amide bonds. The second-order valence-corrected chi connectivity index (χ2v) is 7.67. The zero-order chi connectivity index (χ0) is 21.1. The number of esters is 1. The minimum Gasteiger partial charge on any atom is -0.469 e. The van der Waals surface area contributed by atoms with E-state index >= 15 is 0 Å². The average molecular weight is 421 g/mol. The number of methoxy groups -OCH3 is 1. The second kappa shape index (κ2) is 8.67. The van der Waals surface area contributed by atoms with Crippen LogP contribution in [0.25, 0.3) is 5.69 Å². The third-order valence-electron chi connectivity index (χ3n) is 5.38. The smallest absolute Gasteiger partial charge is 0.307 e. The fraction of sp³-hybridized carbons (Fsp3) is 0.261. The quantitative estimate of drug-likeness (QED) is 0.485. The number of aryl methyl sites for hydroxylation is 1. The van der Waals surface area contributed by atoms with Gasteiger partial charge in [0.05, 0.1) is 31.3 Å². The first-order chi connectivity index (χ1) is 14.6. The number of nitrogens with one attached hydrogen (secondary N) is 1. The van der Waals surface area contributed by atoms with E-state index in [1.165, 1.54) is 12.7 Å². The van der Waals surface area contributed by atoms with Crippen LogP contribution in [0.5, 0.6) is 0 Å². The normalized spacial score (nSPS) is 18.3. The fourth-order valence-corrected chi connectivity index (χ4v) is 4.19. The number of aromatic nitrogens is 2. The van der Waals surface area contributed by atoms with Gasteiger partial charge >= 0.3 is 5.97 Å². The lowest BCUT2D eigenvalue weighted by molar-refractivity contribution is -0.140. The summed E-state index contributed by atoms with van der Waals surface area (Å²) < 4.78 is 7.01. The van der Waals surface area contributed by atoms with Gasteiger partial charge in [0, 0.05) is 30.3 Å². The van der Waals surface area contributed by atoms with Gasteiger partial charge in [0.2, 0.25) is 0 Å². The minimum absolute atomic E-state index is 0.117. The molecule has 0 radical (unpaired) electrons. The highest BCUT2D eigenvalue weighted by molar-refractivity contribution is 7.80. The molecule has 2 aromatic heterocycles. The minimum atomic E-state index is -0.258. The molecule has 7 heteroatoms. The lowest BCUT2D eigenvalue weighted by Crippen LogP contribution is -2.32. The molecule has 1 aliphatic heterocycles. The Kier molecular flexibility index (Phi) is 5.81. The fourth-order valence-electron chi connectivity index (χ4n) is 3.86. The maximum atomic E-state index is 11.8. The van der Waals surface area contributed by atoms with Crippen LogP contribution in [-0.4, -0.2) is 39.2 Å². The van der Waals surface area contributed by atoms with Crippen molar-refractivity contribution in [2.24, 2.45) is 0 Å². The van der Waals surface area contributed by atoms with Gasteiger partial charge in [-0.2, -0.15) is 0 Å². The molecule has 0 unspecified atom stereocenters. The first-order valence-corrected chi connectivity index (χ1v) is 10.3. The van der Waals surface area contributed by atoms with Crippen molar-refractivity contribution in [1.82, 2.24) is 19.8 Å². The van der Waals surface area contributed by atoms with Crippen molar-refractivity contribution in [2.75, 3.05) is 13.7 Å². The molecule has 4 rings (SSSR count). The largest absolute Gasteiger partial charge is 0.469 e. The maximum absolute atomic E-state index is 11.8. The van der Waals surface area contributed by atoms with E-state index in [0.717, 1.165) is 17.1 Å². The van der Waals surface area contributed by atoms with Crippen LogP contribution in [0.3, 0.4) is 0 Å². The van der Waals surface area contributed by atoms with Crippen LogP contribution >= 0.6 is 12.2 Å². The molecule has 154 valence electrons. The summed E-state index contributed by atoms with van der Waals surface area (Å²) in [6.07, 6.45) is 4.09. The Balaban J connectivity index is 1.75. The number of carbonyl (C=O) groups excluding carboxylic acids is 1. The van der Waals surface area contributed by atoms with Gasteiger partial charge in [-0.25, -0.2) is 0 Å². The predicted octanol–water partition coefficient (Wildman–Crippen LogP) is 3.72. The molecule has 0 aliphatic carbocycles. The molecular weight excluding hydrogens is 396 g/mol. The summed E-state index contributed by atoms with van der Waals surface area (Å²) in [5.74, 6) is -0.258. The monoisotopic (exact) mass is 420 g/mol. The molecular formula is C23H24N4O2S. The van der Waals surface area contributed by atoms with Crippen molar-refractivity contribution in [2.45, 2.75) is 25.4 Å². The van der Waals surface area contributed by atoms with E-state index in [4.69, 9.17) is 17.0 Å². The SMILES string of the molecule is COC(=O)CCN1C(=S)N[C@H](c2ccccn2)[C@H]1c1cccn1-c1ccc(C)cc1. The van der Waals surface area contributed by atoms with Crippen molar-refractivity contribution in [3.8, 4) is 5.69 Å². The Morgan fingerprint density at radius 3 is 2.67 bits per heavy atom. The number of rotatable bonds is 6. The van der Waals surface area contributed by atoms with E-state index in [0.29, 0.717) is 11.7 Å². The van der Waals surface area contributed by atoms with E-state index in [1.807, 2.05) is 24.3 Å². The lowest BCUT2D eigenvalue weighted by Gasteiger charge is -2.28. The van der Waals surface area contributed by atoms with Gasteiger partial charge in [0.1, 0.15) is 0 Å². The van der Waals surface area contributed by atoms with Gasteiger partial charge in [-0.15, -0.1) is 0 Å². The van der Waals surface area contributed by atoms with Crippen LogP contribution < -0.4 is 5.32 Å². The van der Waals surface area contributed by atoms with E-state index in [9.17, 15) is 4.79 Å². The number of pyridine rings is 1. The van der Waals surface area contributed by atoms with Crippen LogP contribution in [0.2, 0.25) is 0 Å². The van der Waals surface area contributed by atoms with Gasteiger partial charge in [0.25, 0.3) is 0 Å². The van der Waals surface area contributed by atoms with Crippen molar-refractivity contribution >= 4 is 23.3 Å². The van der Waals surface area contributed by atoms with Crippen LogP contribution in [0.1, 0.15) is 35.5 Å². The van der Waals surface area contributed by atoms with Gasteiger partial charge in [-0.3, -0.25) is 9.78 Å². The first kappa shape index (κ1) is 20.1. The van der Waals surface area contributed by atoms with E-state index < -0.39 is 0 Å². The number of benzene rings is 1. The lowest BCUT2D eigenvalue weighted by atomic mass is 10.0. The molecule has 1 N–H and O–H groups in total. The van der Waals surface area contributed by atoms with Crippen LogP contribution in [0.4, 0.5) is 0 Å². The maximum Gasteiger partial charge on any atom is 0.307 e. The van der Waals surface area contributed by atoms with Crippen LogP contribution in [0, 0.1) is 6.92 Å². The van der Waals surface area contributed by atoms with Crippen LogP contribution in [-0.2, 0) is 9.53 Å². The molecule has 6 nitrogen and oxygen atoms in total. The van der Waals surface area contributed by atoms with Crippen molar-refractivity contribution in [1.29, 1.82) is 0 Å². The second-order valence-electron chi connectivity index (χ2n) is 7.28. The number of hydrogen-bond donors (Lipinski definition) is 1. The summed E-state index contributed by atoms with van der Waals surface area (Å²) in [7, 11) is 1.40. The van der Waals surface area contributed by atoms with Gasteiger partial charge < -0.3 is 19.5 Å². The third kappa shape index (κ3) is 3.93. The molecule has 2 atom stereocenters. The zero-order valence-electron chi connectivity index (χ0n) is 17.0. The molecule has 0 saturated carbocycles. The average Bonchev–Trinajstić information content (AvgIpc) is 3.37. The molecule has 3 aromatic rings. The first-order valence-electron chi connectivity index (χ1n) is 9.87. The summed E-state index contributed by atoms with van der Waals surface area (Å²) in [5, 5.41) is 4.03. The van der Waals surface area contributed by atoms with Gasteiger partial charge in [-0.1, -0.05) is 23.8 Å². The summed E-state index contributed by atoms with van der Waals surface area (Å²) in [6, 6.07) is 18.2. The zero-order valence-corrected chi connectivity index (χ0v) is 17.8. The van der Waals surface area contributed by atoms with Gasteiger partial charge in [-0.05, 0) is 55.5 Å². The highest BCUT2D eigenvalue weighted by atomic mass is 32.1. The van der Waals surface area contributed by atoms with Crippen molar-refractivity contribution in [3.05, 3.63) is 83.9 Å². The Bertz CT molecular complexity index is 1030. The number of hydrogen-bond acceptors (Lipinski definition) is 4. The highest BCUT2D eigenvalue weighted by Gasteiger charge is 2.41. The number of ether oxygens (including phenoxy) is 1. The number of carbonyl (C=O) groups is 1. The Morgan fingerprint density at radius 2 is 1.97 bits per heavy atom. The Hall–Kier alpha value is -3.19. The standard InChI is InChI=1S/C23H24N4O2S/c1-16-8-10-17(11-9-16)26-14-5-7-19(26)22-21(18-6-3-4-13-24-18)25-23(30)27(22)15-12-20(28)29-2/h3-11,13-14,21-22H,12,15H2,1-2H3,(H,25,30)/t21-,22-/m1/s1. The number of thiocarbonyl (C=S) groups is 1. The molecule has 1 saturated heterocycles. The molecule has 1 fully saturated rings. The third-order valence-corrected chi connectivity index (χ3v) is 5.73. The Morgan fingerprint density at radius 1 is 1.17 bits per heavy atom. The van der Waals surface area contributed by atoms with Gasteiger partial charge in [0.15, 0.2) is 5.11 Å². The molecule has 1 aliphatic rings. The highest BCUT2D eigenvalue weighted by Crippen LogP contribution is 2.39. The molecule has 3 heterocycles. The van der Waals surface area contributed by atoms with E-state index in [1.54, 1.807) is 6.20 Å². The van der Waals surface area contributed by atoms with Crippen LogP contribution in [0.15, 0.2) is 67.0 Å². The topological polar surface area (TPSA) is 59.4 Å². The molecule has 1 aromatic carbocycles. The summed E-state index contributed by atoms with van der Waals surface area (Å²) in [4.78, 5) is 18.4. The van der Waals surface area contributed by atoms with Crippen molar-refractivity contribution in [3.63, 3.8) is 0 Å². The number of nitrogens with zero attached hydrogens (tertiary/aromatic N) is 3. The van der Waals surface area contributed by atoms with Crippen molar-refractivity contribution < 1.29 is 9.53 Å². The molecule has 0 bridgehead atoms. The summed E-state index contributed by atoms with van der Waals surface area (Å²) >= 11 is 5.66. The Labute approximate surface area is 181 Å². The van der Waals surface area contributed by atoms with E-state index in [2.05, 4.69) is 63.2 Å².